The van der Waals surface area contributed by atoms with E-state index in [1.165, 1.54) is 18.5 Å². The highest BCUT2D eigenvalue weighted by Crippen LogP contribution is 2.38. The lowest BCUT2D eigenvalue weighted by atomic mass is 10.2. The summed E-state index contributed by atoms with van der Waals surface area (Å²) in [5.74, 6) is 2.06. The molecule has 0 bridgehead atoms. The number of rotatable bonds is 2. The van der Waals surface area contributed by atoms with Crippen LogP contribution in [0.1, 0.15) is 50.0 Å². The molecule has 0 spiro atoms. The molecule has 63 valence electrons. The average molecular weight is 161 g/mol. The van der Waals surface area contributed by atoms with Gasteiger partial charge in [0.25, 0.3) is 0 Å². The molecule has 0 N–H and O–H groups in total. The molecule has 2 heteroatoms. The molecule has 0 amide bonds. The lowest BCUT2D eigenvalue weighted by Gasteiger charge is -2.03. The van der Waals surface area contributed by atoms with Crippen molar-refractivity contribution >= 4 is 0 Å². The molecule has 2 nitrogen and oxygen atoms in total. The highest BCUT2D eigenvalue weighted by molar-refractivity contribution is 5.14. The standard InChI is InChI=1S/C10H13N2/c1-7(2)10-11-6-5-9(12-10)8-3-4-8/h5,7-8H,3-4H2,1-2H3. The molecular weight excluding hydrogens is 148 g/mol. The van der Waals surface area contributed by atoms with Gasteiger partial charge in [0.15, 0.2) is 0 Å². The normalized spacial score (nSPS) is 16.9. The number of hydrogen-bond acceptors (Lipinski definition) is 2. The van der Waals surface area contributed by atoms with E-state index in [0.29, 0.717) is 11.8 Å². The molecule has 0 aromatic carbocycles. The SMILES string of the molecule is CC(C)c1n[c]cc(C2CC2)n1. The first-order valence-electron chi connectivity index (χ1n) is 4.52. The Kier molecular flexibility index (Phi) is 1.83. The Morgan fingerprint density at radius 2 is 2.25 bits per heavy atom. The molecule has 1 radical (unpaired) electrons. The zero-order chi connectivity index (χ0) is 8.55. The van der Waals surface area contributed by atoms with E-state index in [1.54, 1.807) is 0 Å². The van der Waals surface area contributed by atoms with E-state index in [-0.39, 0.29) is 0 Å². The second-order valence-electron chi connectivity index (χ2n) is 3.71. The zero-order valence-corrected chi connectivity index (χ0v) is 7.54. The van der Waals surface area contributed by atoms with Crippen molar-refractivity contribution in [1.29, 1.82) is 0 Å². The monoisotopic (exact) mass is 161 g/mol. The number of hydrogen-bond donors (Lipinski definition) is 0. The van der Waals surface area contributed by atoms with Crippen LogP contribution in [0, 0.1) is 6.20 Å². The Labute approximate surface area is 73.1 Å². The van der Waals surface area contributed by atoms with Crippen LogP contribution in [-0.4, -0.2) is 9.97 Å². The molecule has 0 unspecified atom stereocenters. The van der Waals surface area contributed by atoms with Gasteiger partial charge in [0.2, 0.25) is 0 Å². The summed E-state index contributed by atoms with van der Waals surface area (Å²) >= 11 is 0. The Morgan fingerprint density at radius 1 is 1.50 bits per heavy atom. The van der Waals surface area contributed by atoms with E-state index in [2.05, 4.69) is 30.0 Å². The first-order valence-corrected chi connectivity index (χ1v) is 4.52. The van der Waals surface area contributed by atoms with Gasteiger partial charge in [-0.2, -0.15) is 0 Å². The van der Waals surface area contributed by atoms with Gasteiger partial charge in [0, 0.05) is 17.5 Å². The predicted molar refractivity (Wildman–Crippen MR) is 46.9 cm³/mol. The molecule has 12 heavy (non-hydrogen) atoms. The van der Waals surface area contributed by atoms with E-state index in [0.717, 1.165) is 5.82 Å². The zero-order valence-electron chi connectivity index (χ0n) is 7.54. The van der Waals surface area contributed by atoms with Crippen LogP contribution in [0.3, 0.4) is 0 Å². The minimum atomic E-state index is 0.417. The van der Waals surface area contributed by atoms with Crippen molar-refractivity contribution in [2.24, 2.45) is 0 Å². The van der Waals surface area contributed by atoms with Gasteiger partial charge in [-0.15, -0.1) is 0 Å². The van der Waals surface area contributed by atoms with Gasteiger partial charge < -0.3 is 0 Å². The largest absolute Gasteiger partial charge is 0.237 e. The molecular formula is C10H13N2. The molecule has 1 aliphatic rings. The van der Waals surface area contributed by atoms with E-state index in [9.17, 15) is 0 Å². The van der Waals surface area contributed by atoms with Crippen LogP contribution >= 0.6 is 0 Å². The summed E-state index contributed by atoms with van der Waals surface area (Å²) in [7, 11) is 0. The first kappa shape index (κ1) is 7.71. The predicted octanol–water partition coefficient (Wildman–Crippen LogP) is 2.28. The first-order chi connectivity index (χ1) is 5.77. The summed E-state index contributed by atoms with van der Waals surface area (Å²) < 4.78 is 0. The van der Waals surface area contributed by atoms with Gasteiger partial charge in [-0.05, 0) is 18.9 Å². The highest BCUT2D eigenvalue weighted by Gasteiger charge is 2.25. The summed E-state index contributed by atoms with van der Waals surface area (Å²) in [6, 6.07) is 1.92. The molecule has 1 aromatic heterocycles. The van der Waals surface area contributed by atoms with Crippen molar-refractivity contribution in [3.05, 3.63) is 23.8 Å². The van der Waals surface area contributed by atoms with E-state index in [1.807, 2.05) is 6.07 Å². The molecule has 0 aliphatic heterocycles. The van der Waals surface area contributed by atoms with Crippen LogP contribution in [0.25, 0.3) is 0 Å². The molecule has 2 rings (SSSR count). The van der Waals surface area contributed by atoms with Crippen molar-refractivity contribution in [2.75, 3.05) is 0 Å². The maximum atomic E-state index is 4.49. The minimum absolute atomic E-state index is 0.417. The van der Waals surface area contributed by atoms with Gasteiger partial charge in [0.05, 0.1) is 6.20 Å². The van der Waals surface area contributed by atoms with Crippen molar-refractivity contribution in [1.82, 2.24) is 9.97 Å². The minimum Gasteiger partial charge on any atom is -0.237 e. The van der Waals surface area contributed by atoms with Crippen molar-refractivity contribution in [3.8, 4) is 0 Å². The smallest absolute Gasteiger partial charge is 0.131 e. The Hall–Kier alpha value is -0.920. The number of nitrogens with zero attached hydrogens (tertiary/aromatic N) is 2. The topological polar surface area (TPSA) is 25.8 Å². The van der Waals surface area contributed by atoms with Crippen molar-refractivity contribution in [3.63, 3.8) is 0 Å². The van der Waals surface area contributed by atoms with Crippen LogP contribution in [0.2, 0.25) is 0 Å². The van der Waals surface area contributed by atoms with Crippen LogP contribution < -0.4 is 0 Å². The van der Waals surface area contributed by atoms with E-state index >= 15 is 0 Å². The summed E-state index contributed by atoms with van der Waals surface area (Å²) in [5.41, 5.74) is 1.19. The van der Waals surface area contributed by atoms with E-state index in [4.69, 9.17) is 0 Å². The van der Waals surface area contributed by atoms with Crippen molar-refractivity contribution in [2.45, 2.75) is 38.5 Å². The second kappa shape index (κ2) is 2.85. The van der Waals surface area contributed by atoms with Gasteiger partial charge in [-0.25, -0.2) is 9.97 Å². The number of aromatic nitrogens is 2. The fourth-order valence-electron chi connectivity index (χ4n) is 1.20. The third-order valence-corrected chi connectivity index (χ3v) is 2.15. The fourth-order valence-corrected chi connectivity index (χ4v) is 1.20. The third kappa shape index (κ3) is 1.47. The Bertz CT molecular complexity index is 260. The molecule has 1 heterocycles. The van der Waals surface area contributed by atoms with Gasteiger partial charge >= 0.3 is 0 Å². The van der Waals surface area contributed by atoms with Gasteiger partial charge in [0.1, 0.15) is 5.82 Å². The van der Waals surface area contributed by atoms with Crippen molar-refractivity contribution < 1.29 is 0 Å². The second-order valence-corrected chi connectivity index (χ2v) is 3.71. The maximum Gasteiger partial charge on any atom is 0.131 e. The summed E-state index contributed by atoms with van der Waals surface area (Å²) in [6.45, 7) is 4.22. The van der Waals surface area contributed by atoms with E-state index < -0.39 is 0 Å². The molecule has 1 aromatic rings. The summed E-state index contributed by atoms with van der Waals surface area (Å²) in [4.78, 5) is 8.60. The lowest BCUT2D eigenvalue weighted by molar-refractivity contribution is 0.755. The highest BCUT2D eigenvalue weighted by atomic mass is 14.9. The molecule has 1 fully saturated rings. The van der Waals surface area contributed by atoms with Crippen LogP contribution in [0.15, 0.2) is 6.07 Å². The Balaban J connectivity index is 2.26. The lowest BCUT2D eigenvalue weighted by Crippen LogP contribution is -1.99. The van der Waals surface area contributed by atoms with Crippen LogP contribution in [0.4, 0.5) is 0 Å². The average Bonchev–Trinajstić information content (AvgIpc) is 2.87. The molecule has 1 saturated carbocycles. The van der Waals surface area contributed by atoms with Crippen LogP contribution in [-0.2, 0) is 0 Å². The summed E-state index contributed by atoms with van der Waals surface area (Å²) in [5, 5.41) is 0. The third-order valence-electron chi connectivity index (χ3n) is 2.15. The molecule has 0 saturated heterocycles. The van der Waals surface area contributed by atoms with Crippen LogP contribution in [0.5, 0.6) is 0 Å². The molecule has 1 aliphatic carbocycles. The molecule has 0 atom stereocenters. The maximum absolute atomic E-state index is 4.49. The summed E-state index contributed by atoms with van der Waals surface area (Å²) in [6.07, 6.45) is 5.51. The van der Waals surface area contributed by atoms with Gasteiger partial charge in [-0.1, -0.05) is 13.8 Å². The quantitative estimate of drug-likeness (QED) is 0.665. The van der Waals surface area contributed by atoms with Gasteiger partial charge in [-0.3, -0.25) is 0 Å². The Morgan fingerprint density at radius 3 is 2.83 bits per heavy atom. The fraction of sp³-hybridized carbons (Fsp3) is 0.600.